The Balaban J connectivity index is 1.23. The van der Waals surface area contributed by atoms with Gasteiger partial charge in [-0.25, -0.2) is 0 Å². The Hall–Kier alpha value is -5.90. The number of fused-ring (bicyclic) bond motifs is 9. The van der Waals surface area contributed by atoms with Crippen LogP contribution in [0.25, 0.3) is 74.8 Å². The second kappa shape index (κ2) is 10.3. The van der Waals surface area contributed by atoms with Gasteiger partial charge < -0.3 is 9.32 Å². The molecule has 10 aromatic rings. The Kier molecular flexibility index (Phi) is 5.78. The minimum atomic E-state index is 0.883. The average Bonchev–Trinajstić information content (AvgIpc) is 3.72. The minimum Gasteiger partial charge on any atom is -0.453 e. The molecular weight excluding hydrogens is 591 g/mol. The lowest BCUT2D eigenvalue weighted by molar-refractivity contribution is 0.673. The van der Waals surface area contributed by atoms with Crippen LogP contribution in [0.3, 0.4) is 0 Å². The number of benzene rings is 8. The summed E-state index contributed by atoms with van der Waals surface area (Å²) in [4.78, 5) is 2.39. The van der Waals surface area contributed by atoms with Crippen LogP contribution in [-0.2, 0) is 0 Å². The normalized spacial score (nSPS) is 11.8. The van der Waals surface area contributed by atoms with E-state index in [-0.39, 0.29) is 0 Å². The molecule has 0 aliphatic heterocycles. The summed E-state index contributed by atoms with van der Waals surface area (Å²) in [6, 6.07) is 59.0. The number of anilines is 3. The highest BCUT2D eigenvalue weighted by atomic mass is 32.1. The topological polar surface area (TPSA) is 16.4 Å². The van der Waals surface area contributed by atoms with Crippen molar-refractivity contribution in [2.24, 2.45) is 0 Å². The first kappa shape index (κ1) is 26.3. The number of nitrogens with zero attached hydrogens (tertiary/aromatic N) is 1. The molecule has 0 radical (unpaired) electrons. The van der Waals surface area contributed by atoms with E-state index in [1.54, 1.807) is 0 Å². The summed E-state index contributed by atoms with van der Waals surface area (Å²) in [7, 11) is 0. The number of thiophene rings is 1. The molecule has 0 aliphatic carbocycles. The standard InChI is InChI=1S/C44H27NOS/c1-2-11-31-27-32(20-19-28(31)9-1)29-21-24-33(25-22-29)45(38-15-8-18-41-42(38)37-13-5-6-17-40(37)47-41)39-16-7-14-35-36-26-23-30-10-3-4-12-34(30)43(36)46-44(35)39/h1-27H. The third-order valence-corrected chi connectivity index (χ3v) is 10.6. The molecule has 0 bridgehead atoms. The quantitative estimate of drug-likeness (QED) is 0.195. The maximum atomic E-state index is 6.90. The van der Waals surface area contributed by atoms with E-state index in [4.69, 9.17) is 4.42 Å². The third-order valence-electron chi connectivity index (χ3n) is 9.44. The van der Waals surface area contributed by atoms with Crippen LogP contribution in [0, 0.1) is 0 Å². The van der Waals surface area contributed by atoms with Crippen molar-refractivity contribution in [3.05, 3.63) is 164 Å². The molecular formula is C44H27NOS. The van der Waals surface area contributed by atoms with Crippen molar-refractivity contribution < 1.29 is 4.42 Å². The molecule has 0 aliphatic rings. The molecule has 0 unspecified atom stereocenters. The Bertz CT molecular complexity index is 2810. The van der Waals surface area contributed by atoms with Crippen LogP contribution in [0.4, 0.5) is 17.1 Å². The number of hydrogen-bond acceptors (Lipinski definition) is 3. The van der Waals surface area contributed by atoms with Gasteiger partial charge in [-0.3, -0.25) is 0 Å². The van der Waals surface area contributed by atoms with Gasteiger partial charge in [-0.15, -0.1) is 11.3 Å². The summed E-state index contributed by atoms with van der Waals surface area (Å²) in [6.45, 7) is 0. The van der Waals surface area contributed by atoms with Crippen LogP contribution in [0.1, 0.15) is 0 Å². The Labute approximate surface area is 275 Å². The number of rotatable bonds is 4. The summed E-state index contributed by atoms with van der Waals surface area (Å²) in [5, 5.41) is 9.57. The highest BCUT2D eigenvalue weighted by Gasteiger charge is 2.23. The first-order valence-corrected chi connectivity index (χ1v) is 16.7. The average molecular weight is 618 g/mol. The lowest BCUT2D eigenvalue weighted by Crippen LogP contribution is -2.10. The SMILES string of the molecule is c1ccc2cc(-c3ccc(N(c4cccc5c4oc4c6ccccc6ccc54)c4cccc5sc6ccccc6c45)cc3)ccc2c1. The molecule has 3 heteroatoms. The summed E-state index contributed by atoms with van der Waals surface area (Å²) in [6.07, 6.45) is 0. The molecule has 0 saturated heterocycles. The maximum Gasteiger partial charge on any atom is 0.159 e. The van der Waals surface area contributed by atoms with Gasteiger partial charge in [-0.05, 0) is 75.8 Å². The molecule has 0 N–H and O–H groups in total. The van der Waals surface area contributed by atoms with Gasteiger partial charge in [-0.2, -0.15) is 0 Å². The zero-order valence-electron chi connectivity index (χ0n) is 25.4. The number of furan rings is 1. The fourth-order valence-corrected chi connectivity index (χ4v) is 8.34. The van der Waals surface area contributed by atoms with Crippen LogP contribution in [0.2, 0.25) is 0 Å². The fourth-order valence-electron chi connectivity index (χ4n) is 7.21. The van der Waals surface area contributed by atoms with Crippen molar-refractivity contribution >= 4 is 92.1 Å². The van der Waals surface area contributed by atoms with Crippen LogP contribution in [0.5, 0.6) is 0 Å². The zero-order chi connectivity index (χ0) is 30.9. The van der Waals surface area contributed by atoms with E-state index >= 15 is 0 Å². The van der Waals surface area contributed by atoms with Gasteiger partial charge in [0, 0.05) is 42.0 Å². The van der Waals surface area contributed by atoms with Gasteiger partial charge in [0.15, 0.2) is 5.58 Å². The summed E-state index contributed by atoms with van der Waals surface area (Å²) in [5.41, 5.74) is 7.44. The molecule has 0 atom stereocenters. The van der Waals surface area contributed by atoms with E-state index in [1.165, 1.54) is 47.5 Å². The molecule has 8 aromatic carbocycles. The lowest BCUT2D eigenvalue weighted by Gasteiger charge is -2.26. The van der Waals surface area contributed by atoms with E-state index in [0.717, 1.165) is 44.4 Å². The van der Waals surface area contributed by atoms with Crippen LogP contribution in [-0.4, -0.2) is 0 Å². The van der Waals surface area contributed by atoms with Crippen LogP contribution in [0.15, 0.2) is 168 Å². The number of hydrogen-bond donors (Lipinski definition) is 0. The lowest BCUT2D eigenvalue weighted by atomic mass is 10.0. The summed E-state index contributed by atoms with van der Waals surface area (Å²) < 4.78 is 9.45. The van der Waals surface area contributed by atoms with Crippen molar-refractivity contribution in [3.63, 3.8) is 0 Å². The molecule has 2 aromatic heterocycles. The van der Waals surface area contributed by atoms with Crippen molar-refractivity contribution in [2.75, 3.05) is 4.90 Å². The van der Waals surface area contributed by atoms with E-state index in [1.807, 2.05) is 11.3 Å². The molecule has 0 spiro atoms. The monoisotopic (exact) mass is 617 g/mol. The van der Waals surface area contributed by atoms with Gasteiger partial charge in [0.1, 0.15) is 5.58 Å². The third kappa shape index (κ3) is 4.10. The van der Waals surface area contributed by atoms with Crippen molar-refractivity contribution in [2.45, 2.75) is 0 Å². The van der Waals surface area contributed by atoms with Crippen molar-refractivity contribution in [1.29, 1.82) is 0 Å². The first-order valence-electron chi connectivity index (χ1n) is 15.9. The largest absolute Gasteiger partial charge is 0.453 e. The van der Waals surface area contributed by atoms with Gasteiger partial charge in [0.05, 0.1) is 11.4 Å². The zero-order valence-corrected chi connectivity index (χ0v) is 26.2. The van der Waals surface area contributed by atoms with Crippen molar-refractivity contribution in [3.8, 4) is 11.1 Å². The fraction of sp³-hybridized carbons (Fsp3) is 0. The van der Waals surface area contributed by atoms with Crippen LogP contribution < -0.4 is 4.90 Å². The molecule has 2 nitrogen and oxygen atoms in total. The molecule has 2 heterocycles. The highest BCUT2D eigenvalue weighted by molar-refractivity contribution is 7.26. The molecule has 220 valence electrons. The molecule has 47 heavy (non-hydrogen) atoms. The van der Waals surface area contributed by atoms with Crippen molar-refractivity contribution in [1.82, 2.24) is 0 Å². The first-order chi connectivity index (χ1) is 23.3. The highest BCUT2D eigenvalue weighted by Crippen LogP contribution is 2.48. The molecule has 0 saturated carbocycles. The summed E-state index contributed by atoms with van der Waals surface area (Å²) in [5.74, 6) is 0. The van der Waals surface area contributed by atoms with E-state index in [2.05, 4.69) is 169 Å². The van der Waals surface area contributed by atoms with Gasteiger partial charge in [-0.1, -0.05) is 115 Å². The molecule has 10 rings (SSSR count). The van der Waals surface area contributed by atoms with Gasteiger partial charge in [0.2, 0.25) is 0 Å². The summed E-state index contributed by atoms with van der Waals surface area (Å²) >= 11 is 1.84. The Morgan fingerprint density at radius 3 is 1.94 bits per heavy atom. The van der Waals surface area contributed by atoms with Crippen LogP contribution >= 0.6 is 11.3 Å². The predicted octanol–water partition coefficient (Wildman–Crippen LogP) is 13.4. The Morgan fingerprint density at radius 1 is 0.404 bits per heavy atom. The second-order valence-electron chi connectivity index (χ2n) is 12.1. The maximum absolute atomic E-state index is 6.90. The van der Waals surface area contributed by atoms with E-state index in [9.17, 15) is 0 Å². The smallest absolute Gasteiger partial charge is 0.159 e. The Morgan fingerprint density at radius 2 is 1.04 bits per heavy atom. The minimum absolute atomic E-state index is 0.883. The van der Waals surface area contributed by atoms with E-state index < -0.39 is 0 Å². The number of para-hydroxylation sites is 1. The molecule has 0 fully saturated rings. The second-order valence-corrected chi connectivity index (χ2v) is 13.2. The predicted molar refractivity (Wildman–Crippen MR) is 202 cm³/mol. The van der Waals surface area contributed by atoms with E-state index in [0.29, 0.717) is 0 Å². The van der Waals surface area contributed by atoms with Gasteiger partial charge in [0.25, 0.3) is 0 Å². The molecule has 0 amide bonds. The van der Waals surface area contributed by atoms with Gasteiger partial charge >= 0.3 is 0 Å².